The van der Waals surface area contributed by atoms with Gasteiger partial charge in [0.15, 0.2) is 18.1 Å². The number of hydrogen-bond acceptors (Lipinski definition) is 11. The number of benzene rings is 2. The number of alkyl carbamates (subject to hydrolysis) is 1. The van der Waals surface area contributed by atoms with E-state index in [1.807, 2.05) is 0 Å². The zero-order valence-electron chi connectivity index (χ0n) is 25.7. The van der Waals surface area contributed by atoms with Crippen LogP contribution in [0.25, 0.3) is 0 Å². The molecule has 1 atom stereocenters. The number of rotatable bonds is 11. The maximum Gasteiger partial charge on any atom is 0.407 e. The van der Waals surface area contributed by atoms with Crippen LogP contribution >= 0.6 is 0 Å². The molecule has 240 valence electrons. The molecule has 1 fully saturated rings. The van der Waals surface area contributed by atoms with Gasteiger partial charge in [-0.2, -0.15) is 10.2 Å². The second-order valence-corrected chi connectivity index (χ2v) is 11.1. The van der Waals surface area contributed by atoms with Crippen molar-refractivity contribution in [3.63, 3.8) is 0 Å². The van der Waals surface area contributed by atoms with Crippen LogP contribution in [0, 0.1) is 0 Å². The van der Waals surface area contributed by atoms with E-state index in [1.165, 1.54) is 19.1 Å². The topological polar surface area (TPSA) is 186 Å². The molecular formula is C30H36N6O9. The average Bonchev–Trinajstić information content (AvgIpc) is 3.32. The van der Waals surface area contributed by atoms with Crippen molar-refractivity contribution in [2.75, 3.05) is 33.9 Å². The summed E-state index contributed by atoms with van der Waals surface area (Å²) >= 11 is 0. The molecule has 1 saturated heterocycles. The Morgan fingerprint density at radius 3 is 2.36 bits per heavy atom. The van der Waals surface area contributed by atoms with Gasteiger partial charge in [-0.1, -0.05) is 6.07 Å². The highest BCUT2D eigenvalue weighted by atomic mass is 16.6. The van der Waals surface area contributed by atoms with Crippen LogP contribution in [0.3, 0.4) is 0 Å². The number of piperidine rings is 1. The van der Waals surface area contributed by atoms with Gasteiger partial charge in [0.05, 0.1) is 25.6 Å². The Labute approximate surface area is 259 Å². The Bertz CT molecular complexity index is 1490. The van der Waals surface area contributed by atoms with Gasteiger partial charge in [-0.05, 0) is 39.3 Å². The second-order valence-electron chi connectivity index (χ2n) is 11.1. The van der Waals surface area contributed by atoms with Crippen LogP contribution in [0.2, 0.25) is 0 Å². The molecule has 1 unspecified atom stereocenters. The van der Waals surface area contributed by atoms with E-state index >= 15 is 0 Å². The summed E-state index contributed by atoms with van der Waals surface area (Å²) in [6.07, 6.45) is -0.175. The number of azo groups is 1. The van der Waals surface area contributed by atoms with E-state index in [0.29, 0.717) is 22.5 Å². The molecule has 15 heteroatoms. The molecule has 5 amide bonds. The number of carbonyl (C=O) groups excluding carboxylic acids is 5. The highest BCUT2D eigenvalue weighted by Gasteiger charge is 2.40. The second kappa shape index (κ2) is 14.1. The lowest BCUT2D eigenvalue weighted by atomic mass is 10.0. The normalized spacial score (nSPS) is 16.2. The van der Waals surface area contributed by atoms with Crippen LogP contribution in [0.4, 0.5) is 16.2 Å². The lowest BCUT2D eigenvalue weighted by molar-refractivity contribution is -0.137. The average molecular weight is 625 g/mol. The fourth-order valence-corrected chi connectivity index (χ4v) is 4.71. The fraction of sp³-hybridized carbons (Fsp3) is 0.433. The lowest BCUT2D eigenvalue weighted by Gasteiger charge is -2.29. The molecule has 2 aromatic carbocycles. The number of amides is 5. The van der Waals surface area contributed by atoms with E-state index in [-0.39, 0.29) is 68.1 Å². The number of nitrogens with one attached hydrogen (secondary N) is 3. The van der Waals surface area contributed by atoms with E-state index < -0.39 is 29.6 Å². The molecule has 0 aromatic heterocycles. The third kappa shape index (κ3) is 8.25. The first-order chi connectivity index (χ1) is 21.4. The highest BCUT2D eigenvalue weighted by Crippen LogP contribution is 2.42. The van der Waals surface area contributed by atoms with Crippen molar-refractivity contribution in [3.05, 3.63) is 41.5 Å². The van der Waals surface area contributed by atoms with Gasteiger partial charge in [-0.25, -0.2) is 4.79 Å². The van der Waals surface area contributed by atoms with Gasteiger partial charge in [-0.3, -0.25) is 24.5 Å². The smallest absolute Gasteiger partial charge is 0.407 e. The summed E-state index contributed by atoms with van der Waals surface area (Å²) in [7, 11) is 2.84. The van der Waals surface area contributed by atoms with Crippen LogP contribution in [0.1, 0.15) is 49.5 Å². The molecule has 0 aliphatic carbocycles. The summed E-state index contributed by atoms with van der Waals surface area (Å²) in [5, 5.41) is 16.1. The molecule has 0 saturated carbocycles. The summed E-state index contributed by atoms with van der Waals surface area (Å²) in [6.45, 7) is 5.38. The van der Waals surface area contributed by atoms with Gasteiger partial charge in [-0.15, -0.1) is 0 Å². The van der Waals surface area contributed by atoms with Gasteiger partial charge < -0.3 is 34.5 Å². The molecule has 15 nitrogen and oxygen atoms in total. The monoisotopic (exact) mass is 624 g/mol. The molecule has 4 rings (SSSR count). The Balaban J connectivity index is 1.40. The molecule has 0 spiro atoms. The third-order valence-corrected chi connectivity index (χ3v) is 6.74. The van der Waals surface area contributed by atoms with Crippen molar-refractivity contribution in [3.8, 4) is 17.2 Å². The van der Waals surface area contributed by atoms with Gasteiger partial charge in [0.25, 0.3) is 11.8 Å². The Morgan fingerprint density at radius 1 is 1.02 bits per heavy atom. The first-order valence-electron chi connectivity index (χ1n) is 14.2. The SMILES string of the molecule is COc1cc(N=Nc2cccc3c2CN(C2CCC(=O)NC2=O)C3=O)cc(OC)c1OCC(=O)NCCNC(=O)OC(C)(C)C. The van der Waals surface area contributed by atoms with Crippen LogP contribution < -0.4 is 30.2 Å². The van der Waals surface area contributed by atoms with E-state index in [0.717, 1.165) is 0 Å². The minimum Gasteiger partial charge on any atom is -0.493 e. The number of imide groups is 1. The van der Waals surface area contributed by atoms with Gasteiger partial charge in [0, 0.05) is 49.3 Å². The quantitative estimate of drug-likeness (QED) is 0.192. The third-order valence-electron chi connectivity index (χ3n) is 6.74. The lowest BCUT2D eigenvalue weighted by Crippen LogP contribution is -2.52. The molecule has 2 aliphatic rings. The van der Waals surface area contributed by atoms with E-state index in [2.05, 4.69) is 26.2 Å². The molecule has 2 aliphatic heterocycles. The highest BCUT2D eigenvalue weighted by molar-refractivity contribution is 6.06. The Kier molecular flexibility index (Phi) is 10.2. The zero-order valence-corrected chi connectivity index (χ0v) is 25.7. The molecule has 2 aromatic rings. The van der Waals surface area contributed by atoms with Crippen LogP contribution in [-0.4, -0.2) is 80.2 Å². The Hall–Kier alpha value is -5.21. The maximum absolute atomic E-state index is 13.1. The number of carbonyl (C=O) groups is 5. The summed E-state index contributed by atoms with van der Waals surface area (Å²) in [4.78, 5) is 62.5. The number of hydrogen-bond donors (Lipinski definition) is 3. The van der Waals surface area contributed by atoms with Crippen molar-refractivity contribution < 1.29 is 42.9 Å². The van der Waals surface area contributed by atoms with Crippen molar-refractivity contribution in [2.24, 2.45) is 10.2 Å². The predicted molar refractivity (Wildman–Crippen MR) is 159 cm³/mol. The molecule has 45 heavy (non-hydrogen) atoms. The molecule has 2 heterocycles. The molecule has 0 radical (unpaired) electrons. The minimum atomic E-state index is -0.746. The fourth-order valence-electron chi connectivity index (χ4n) is 4.71. The van der Waals surface area contributed by atoms with Gasteiger partial charge >= 0.3 is 6.09 Å². The predicted octanol–water partition coefficient (Wildman–Crippen LogP) is 2.90. The summed E-state index contributed by atoms with van der Waals surface area (Å²) in [6, 6.07) is 7.40. The standard InChI is InChI=1S/C30H36N6O9/c1-30(2,3)45-29(41)32-12-11-31-25(38)16-44-26-22(42-4)13-17(14-23(26)43-5)34-35-20-8-6-7-18-19(20)15-36(28(18)40)21-9-10-24(37)33-27(21)39/h6-8,13-14,21H,9-12,15-16H2,1-5H3,(H,31,38)(H,32,41)(H,33,37,39). The van der Waals surface area contributed by atoms with E-state index in [9.17, 15) is 24.0 Å². The Morgan fingerprint density at radius 2 is 1.71 bits per heavy atom. The van der Waals surface area contributed by atoms with Crippen LogP contribution in [0.15, 0.2) is 40.6 Å². The van der Waals surface area contributed by atoms with Crippen molar-refractivity contribution in [2.45, 2.75) is 51.8 Å². The molecule has 0 bridgehead atoms. The van der Waals surface area contributed by atoms with Crippen molar-refractivity contribution in [1.82, 2.24) is 20.9 Å². The first-order valence-corrected chi connectivity index (χ1v) is 14.2. The summed E-state index contributed by atoms with van der Waals surface area (Å²) in [5.41, 5.74) is 1.18. The number of methoxy groups -OCH3 is 2. The van der Waals surface area contributed by atoms with Crippen LogP contribution in [0.5, 0.6) is 17.2 Å². The van der Waals surface area contributed by atoms with Crippen molar-refractivity contribution in [1.29, 1.82) is 0 Å². The molecular weight excluding hydrogens is 588 g/mol. The summed E-state index contributed by atoms with van der Waals surface area (Å²) < 4.78 is 21.7. The summed E-state index contributed by atoms with van der Waals surface area (Å²) in [5.74, 6) is -0.959. The molecule has 3 N–H and O–H groups in total. The zero-order chi connectivity index (χ0) is 32.7. The largest absolute Gasteiger partial charge is 0.493 e. The number of nitrogens with zero attached hydrogens (tertiary/aromatic N) is 3. The van der Waals surface area contributed by atoms with Crippen LogP contribution in [-0.2, 0) is 25.7 Å². The van der Waals surface area contributed by atoms with E-state index in [1.54, 1.807) is 51.1 Å². The van der Waals surface area contributed by atoms with Gasteiger partial charge in [0.2, 0.25) is 17.6 Å². The first kappa shape index (κ1) is 32.7. The number of fused-ring (bicyclic) bond motifs is 1. The maximum atomic E-state index is 13.1. The van der Waals surface area contributed by atoms with Gasteiger partial charge in [0.1, 0.15) is 11.6 Å². The minimum absolute atomic E-state index is 0.147. The van der Waals surface area contributed by atoms with E-state index in [4.69, 9.17) is 18.9 Å². The van der Waals surface area contributed by atoms with Crippen molar-refractivity contribution >= 4 is 41.1 Å². The number of ether oxygens (including phenoxy) is 4.